The second-order valence-electron chi connectivity index (χ2n) is 21.5. The molecule has 6 atom stereocenters. The Labute approximate surface area is 485 Å². The van der Waals surface area contributed by atoms with E-state index in [2.05, 4.69) is 21.6 Å². The zero-order valence-electron chi connectivity index (χ0n) is 46.0. The van der Waals surface area contributed by atoms with Crippen molar-refractivity contribution in [1.82, 2.24) is 19.6 Å². The lowest BCUT2D eigenvalue weighted by Crippen LogP contribution is -2.59. The smallest absolute Gasteiger partial charge is 0.421 e. The topological polar surface area (TPSA) is 194 Å². The lowest BCUT2D eigenvalue weighted by molar-refractivity contribution is -0.384. The maximum Gasteiger partial charge on any atom is 0.421 e. The van der Waals surface area contributed by atoms with Gasteiger partial charge in [-0.1, -0.05) is 121 Å². The van der Waals surface area contributed by atoms with Crippen LogP contribution >= 0.6 is 0 Å². The van der Waals surface area contributed by atoms with Crippen LogP contribution in [0.3, 0.4) is 0 Å². The third-order valence-electron chi connectivity index (χ3n) is 16.4. The van der Waals surface area contributed by atoms with Gasteiger partial charge >= 0.3 is 12.1 Å². The van der Waals surface area contributed by atoms with Crippen LogP contribution in [-0.2, 0) is 49.0 Å². The summed E-state index contributed by atoms with van der Waals surface area (Å²) in [6.07, 6.45) is -2.04. The Bertz CT molecular complexity index is 3670. The molecular formula is C66H60N6O12. The molecule has 426 valence electrons. The van der Waals surface area contributed by atoms with Crippen LogP contribution in [0.25, 0.3) is 0 Å². The molecule has 6 unspecified atom stereocenters. The maximum atomic E-state index is 17.0. The number of carbonyl (C=O) groups excluding carboxylic acids is 4. The molecule has 0 aliphatic carbocycles. The average molecular weight is 1130 g/mol. The second kappa shape index (κ2) is 23.8. The van der Waals surface area contributed by atoms with Gasteiger partial charge in [-0.2, -0.15) is 0 Å². The first-order chi connectivity index (χ1) is 41.0. The van der Waals surface area contributed by atoms with Crippen molar-refractivity contribution in [1.29, 1.82) is 0 Å². The first-order valence-corrected chi connectivity index (χ1v) is 27.9. The SMILES string of the molecule is CN(CC#Cc1ccc2c(c1)C1(C(=O)N2C(=O)OCc2ccc([N+](=O)[O-])cc2)C(C(=O)N2CCN(Cc3ccc4c(c3)OCO4)CC2)C2C(=O)OC(c3ccccc3)C(c3ccccc3)N2C1c1cccc(OCCO)c1)Cc1ccccc1. The minimum Gasteiger partial charge on any atom is -0.491 e. The Morgan fingerprint density at radius 3 is 2.17 bits per heavy atom. The summed E-state index contributed by atoms with van der Waals surface area (Å²) in [7, 11) is 1.97. The summed E-state index contributed by atoms with van der Waals surface area (Å²) in [5, 5.41) is 21.6. The Morgan fingerprint density at radius 1 is 0.750 bits per heavy atom. The number of morpholine rings is 1. The normalized spacial score (nSPS) is 21.6. The molecule has 5 heterocycles. The van der Waals surface area contributed by atoms with Gasteiger partial charge in [-0.15, -0.1) is 0 Å². The number of nitro benzene ring substituents is 1. The van der Waals surface area contributed by atoms with E-state index in [1.807, 2.05) is 127 Å². The fraction of sp³-hybridized carbons (Fsp3) is 0.273. The second-order valence-corrected chi connectivity index (χ2v) is 21.5. The largest absolute Gasteiger partial charge is 0.491 e. The number of hydrogen-bond donors (Lipinski definition) is 1. The van der Waals surface area contributed by atoms with Crippen LogP contribution in [0.5, 0.6) is 17.2 Å². The predicted octanol–water partition coefficient (Wildman–Crippen LogP) is 8.52. The molecule has 3 amide bonds. The highest BCUT2D eigenvalue weighted by atomic mass is 16.7. The number of aliphatic hydroxyl groups is 1. The van der Waals surface area contributed by atoms with E-state index < -0.39 is 64.4 Å². The number of fused-ring (bicyclic) bond motifs is 4. The molecule has 0 radical (unpaired) electrons. The van der Waals surface area contributed by atoms with E-state index >= 15 is 19.2 Å². The monoisotopic (exact) mass is 1130 g/mol. The number of nitro groups is 1. The van der Waals surface area contributed by atoms with Gasteiger partial charge in [-0.05, 0) is 101 Å². The molecule has 5 aliphatic rings. The van der Waals surface area contributed by atoms with Crippen molar-refractivity contribution in [2.75, 3.05) is 64.7 Å². The molecule has 18 heteroatoms. The number of ether oxygens (including phenoxy) is 5. The van der Waals surface area contributed by atoms with Crippen LogP contribution in [0.4, 0.5) is 16.2 Å². The van der Waals surface area contributed by atoms with Gasteiger partial charge in [0.1, 0.15) is 36.5 Å². The fourth-order valence-electron chi connectivity index (χ4n) is 12.7. The Hall–Kier alpha value is -9.38. The molecule has 0 aromatic heterocycles. The number of carbonyl (C=O) groups is 4. The first kappa shape index (κ1) is 55.2. The van der Waals surface area contributed by atoms with Crippen molar-refractivity contribution >= 4 is 35.3 Å². The first-order valence-electron chi connectivity index (χ1n) is 27.9. The number of nitrogens with zero attached hydrogens (tertiary/aromatic N) is 6. The van der Waals surface area contributed by atoms with Crippen LogP contribution < -0.4 is 19.1 Å². The number of cyclic esters (lactones) is 1. The van der Waals surface area contributed by atoms with Crippen molar-refractivity contribution < 1.29 is 52.9 Å². The molecule has 7 aromatic rings. The Morgan fingerprint density at radius 2 is 1.44 bits per heavy atom. The zero-order chi connectivity index (χ0) is 57.9. The van der Waals surface area contributed by atoms with Crippen molar-refractivity contribution in [3.63, 3.8) is 0 Å². The number of benzene rings is 7. The number of esters is 1. The molecule has 0 bridgehead atoms. The average Bonchev–Trinajstić information content (AvgIpc) is 1.54. The van der Waals surface area contributed by atoms with Gasteiger partial charge in [-0.25, -0.2) is 9.69 Å². The zero-order valence-corrected chi connectivity index (χ0v) is 46.0. The molecule has 1 spiro atoms. The van der Waals surface area contributed by atoms with E-state index in [9.17, 15) is 15.2 Å². The molecule has 0 saturated carbocycles. The number of anilines is 1. The van der Waals surface area contributed by atoms with Gasteiger partial charge in [0.15, 0.2) is 11.5 Å². The molecule has 1 N–H and O–H groups in total. The molecule has 7 aromatic carbocycles. The van der Waals surface area contributed by atoms with Crippen LogP contribution in [-0.4, -0.2) is 119 Å². The van der Waals surface area contributed by atoms with Crippen molar-refractivity contribution in [2.24, 2.45) is 5.92 Å². The number of hydrogen-bond acceptors (Lipinski definition) is 15. The highest BCUT2D eigenvalue weighted by molar-refractivity contribution is 6.23. The summed E-state index contributed by atoms with van der Waals surface area (Å²) in [5.41, 5.74) is 2.98. The standard InChI is InChI=1S/C66H60N6O12/c1-67(40-45-13-5-2-6-14-45)30-12-15-44-24-28-54-53(37-44)66(64(76)70(54)65(77)81-42-46-22-26-51(27-23-46)72(78)79)57(62(74)69-33-31-68(32-34-69)41-47-25-29-55-56(38-47)83-43-82-55)59-63(75)84-60(49-18-9-4-10-19-49)58(48-16-7-3-8-17-48)71(59)61(66)50-20-11-21-52(39-50)80-36-35-73/h2-11,13-14,16-29,37-39,57-61,73H,30-36,40-43H2,1H3. The summed E-state index contributed by atoms with van der Waals surface area (Å²) in [6, 6.07) is 48.9. The van der Waals surface area contributed by atoms with Crippen molar-refractivity contribution in [3.8, 4) is 29.1 Å². The van der Waals surface area contributed by atoms with Gasteiger partial charge in [0.25, 0.3) is 5.69 Å². The maximum absolute atomic E-state index is 17.0. The molecule has 18 nitrogen and oxygen atoms in total. The van der Waals surface area contributed by atoms with E-state index in [4.69, 9.17) is 23.7 Å². The summed E-state index contributed by atoms with van der Waals surface area (Å²) in [4.78, 5) is 84.7. The Balaban J connectivity index is 1.04. The minimum atomic E-state index is -2.12. The highest BCUT2D eigenvalue weighted by Gasteiger charge is 2.76. The van der Waals surface area contributed by atoms with E-state index in [0.29, 0.717) is 72.2 Å². The number of aliphatic hydroxyl groups excluding tert-OH is 1. The van der Waals surface area contributed by atoms with Crippen molar-refractivity contribution in [2.45, 2.75) is 49.3 Å². The summed E-state index contributed by atoms with van der Waals surface area (Å²) >= 11 is 0. The number of amides is 3. The van der Waals surface area contributed by atoms with Gasteiger partial charge in [-0.3, -0.25) is 39.2 Å². The van der Waals surface area contributed by atoms with Crippen LogP contribution in [0.15, 0.2) is 176 Å². The summed E-state index contributed by atoms with van der Waals surface area (Å²) in [6.45, 7) is 2.33. The minimum absolute atomic E-state index is 0.0545. The lowest BCUT2D eigenvalue weighted by Gasteiger charge is -2.46. The molecule has 5 aliphatic heterocycles. The number of piperazine rings is 1. The fourth-order valence-corrected chi connectivity index (χ4v) is 12.7. The van der Waals surface area contributed by atoms with Crippen molar-refractivity contribution in [3.05, 3.63) is 231 Å². The van der Waals surface area contributed by atoms with E-state index in [1.165, 1.54) is 24.3 Å². The van der Waals surface area contributed by atoms with Crippen LogP contribution in [0, 0.1) is 27.9 Å². The molecule has 3 fully saturated rings. The quantitative estimate of drug-likeness (QED) is 0.0444. The van der Waals surface area contributed by atoms with E-state index in [-0.39, 0.29) is 56.6 Å². The molecule has 84 heavy (non-hydrogen) atoms. The van der Waals surface area contributed by atoms with Gasteiger partial charge < -0.3 is 33.7 Å². The molecule has 12 rings (SSSR count). The third kappa shape index (κ3) is 10.6. The third-order valence-corrected chi connectivity index (χ3v) is 16.4. The number of imide groups is 1. The summed E-state index contributed by atoms with van der Waals surface area (Å²) < 4.78 is 30.1. The summed E-state index contributed by atoms with van der Waals surface area (Å²) in [5.74, 6) is 4.72. The van der Waals surface area contributed by atoms with Crippen LogP contribution in [0.1, 0.15) is 62.7 Å². The molecular weight excluding hydrogens is 1070 g/mol. The number of non-ortho nitro benzene ring substituents is 1. The van der Waals surface area contributed by atoms with Gasteiger partial charge in [0.2, 0.25) is 18.6 Å². The highest BCUT2D eigenvalue weighted by Crippen LogP contribution is 2.66. The number of rotatable bonds is 15. The van der Waals surface area contributed by atoms with Gasteiger partial charge in [0.05, 0.1) is 41.8 Å². The molecule has 3 saturated heterocycles. The Kier molecular flexibility index (Phi) is 15.7. The van der Waals surface area contributed by atoms with E-state index in [1.54, 1.807) is 41.3 Å². The van der Waals surface area contributed by atoms with Gasteiger partial charge in [0, 0.05) is 57.0 Å². The lowest BCUT2D eigenvalue weighted by atomic mass is 9.64. The predicted molar refractivity (Wildman–Crippen MR) is 308 cm³/mol. The van der Waals surface area contributed by atoms with Crippen LogP contribution in [0.2, 0.25) is 0 Å². The van der Waals surface area contributed by atoms with E-state index in [0.717, 1.165) is 21.6 Å².